The summed E-state index contributed by atoms with van der Waals surface area (Å²) in [5, 5.41) is 6.71. The summed E-state index contributed by atoms with van der Waals surface area (Å²) >= 11 is 4.04. The molecule has 2 aromatic rings. The Morgan fingerprint density at radius 1 is 1.28 bits per heavy atom. The third-order valence-corrected chi connectivity index (χ3v) is 4.09. The highest BCUT2D eigenvalue weighted by Gasteiger charge is 2.04. The molecule has 1 N–H and O–H groups in total. The maximum absolute atomic E-state index is 4.66. The average Bonchev–Trinajstić information content (AvgIpc) is 2.78. The third kappa shape index (κ3) is 4.03. The van der Waals surface area contributed by atoms with E-state index in [0.29, 0.717) is 5.92 Å². The van der Waals surface area contributed by atoms with Crippen molar-refractivity contribution in [1.82, 2.24) is 10.3 Å². The Labute approximate surface area is 126 Å². The number of halogens is 1. The minimum absolute atomic E-state index is 0.681. The predicted molar refractivity (Wildman–Crippen MR) is 86.8 cm³/mol. The van der Waals surface area contributed by atoms with Crippen molar-refractivity contribution in [1.29, 1.82) is 0 Å². The van der Waals surface area contributed by atoms with Gasteiger partial charge in [0.25, 0.3) is 0 Å². The number of benzene rings is 1. The van der Waals surface area contributed by atoms with Crippen LogP contribution in [0.4, 0.5) is 0 Å². The van der Waals surface area contributed by atoms with Crippen LogP contribution < -0.4 is 5.32 Å². The Balaban J connectivity index is 1.99. The lowest BCUT2D eigenvalue weighted by atomic mass is 10.2. The highest BCUT2D eigenvalue weighted by atomic mass is 127. The van der Waals surface area contributed by atoms with Crippen molar-refractivity contribution in [2.24, 2.45) is 5.92 Å². The number of hydrogen-bond donors (Lipinski definition) is 1. The van der Waals surface area contributed by atoms with Gasteiger partial charge in [-0.2, -0.15) is 0 Å². The zero-order valence-electron chi connectivity index (χ0n) is 10.6. The molecule has 1 heterocycles. The summed E-state index contributed by atoms with van der Waals surface area (Å²) in [5.74, 6) is 0.681. The minimum atomic E-state index is 0.681. The van der Waals surface area contributed by atoms with E-state index >= 15 is 0 Å². The van der Waals surface area contributed by atoms with Gasteiger partial charge < -0.3 is 5.32 Å². The van der Waals surface area contributed by atoms with Gasteiger partial charge in [0.2, 0.25) is 0 Å². The molecule has 0 aliphatic rings. The molecule has 96 valence electrons. The first-order chi connectivity index (χ1) is 8.65. The van der Waals surface area contributed by atoms with Crippen molar-refractivity contribution in [3.63, 3.8) is 0 Å². The van der Waals surface area contributed by atoms with E-state index in [0.717, 1.165) is 23.8 Å². The first kappa shape index (κ1) is 14.0. The Bertz CT molecular complexity index is 491. The monoisotopic (exact) mass is 372 g/mol. The molecule has 2 nitrogen and oxygen atoms in total. The van der Waals surface area contributed by atoms with Crippen molar-refractivity contribution in [3.05, 3.63) is 38.2 Å². The van der Waals surface area contributed by atoms with E-state index in [2.05, 4.69) is 76.4 Å². The van der Waals surface area contributed by atoms with Crippen LogP contribution in [0.5, 0.6) is 0 Å². The lowest BCUT2D eigenvalue weighted by Crippen LogP contribution is -2.18. The molecule has 0 saturated carbocycles. The molecule has 4 heteroatoms. The second kappa shape index (κ2) is 6.63. The van der Waals surface area contributed by atoms with Crippen LogP contribution in [0.15, 0.2) is 29.6 Å². The molecule has 0 aliphatic carbocycles. The second-order valence-corrected chi connectivity index (χ2v) is 6.85. The van der Waals surface area contributed by atoms with Crippen molar-refractivity contribution in [2.75, 3.05) is 6.54 Å². The number of nitrogens with one attached hydrogen (secondary N) is 1. The fraction of sp³-hybridized carbons (Fsp3) is 0.357. The summed E-state index contributed by atoms with van der Waals surface area (Å²) < 4.78 is 1.26. The molecule has 0 spiro atoms. The fourth-order valence-electron chi connectivity index (χ4n) is 1.61. The second-order valence-electron chi connectivity index (χ2n) is 4.66. The molecule has 0 fully saturated rings. The summed E-state index contributed by atoms with van der Waals surface area (Å²) in [6.45, 7) is 6.34. The van der Waals surface area contributed by atoms with Gasteiger partial charge in [0, 0.05) is 21.1 Å². The van der Waals surface area contributed by atoms with Crippen LogP contribution >= 0.6 is 33.9 Å². The van der Waals surface area contributed by atoms with E-state index in [1.54, 1.807) is 11.3 Å². The van der Waals surface area contributed by atoms with Gasteiger partial charge in [0.1, 0.15) is 5.01 Å². The van der Waals surface area contributed by atoms with Gasteiger partial charge in [-0.25, -0.2) is 4.98 Å². The maximum Gasteiger partial charge on any atom is 0.107 e. The molecule has 1 aromatic heterocycles. The first-order valence-electron chi connectivity index (χ1n) is 6.06. The molecule has 0 amide bonds. The van der Waals surface area contributed by atoms with Crippen LogP contribution in [0.3, 0.4) is 0 Å². The number of hydrogen-bond acceptors (Lipinski definition) is 3. The molecular weight excluding hydrogens is 355 g/mol. The molecule has 0 saturated heterocycles. The van der Waals surface area contributed by atoms with E-state index in [9.17, 15) is 0 Å². The lowest BCUT2D eigenvalue weighted by molar-refractivity contribution is 0.551. The molecule has 0 atom stereocenters. The topological polar surface area (TPSA) is 24.9 Å². The molecule has 0 aliphatic heterocycles. The highest BCUT2D eigenvalue weighted by Crippen LogP contribution is 2.22. The average molecular weight is 372 g/mol. The summed E-state index contributed by atoms with van der Waals surface area (Å²) in [7, 11) is 0. The quantitative estimate of drug-likeness (QED) is 0.798. The van der Waals surface area contributed by atoms with Gasteiger partial charge in [0.15, 0.2) is 0 Å². The Kier molecular flexibility index (Phi) is 5.14. The molecule has 2 rings (SSSR count). The summed E-state index contributed by atoms with van der Waals surface area (Å²) in [6.07, 6.45) is 0. The Hall–Kier alpha value is -0.460. The van der Waals surface area contributed by atoms with Crippen LogP contribution in [0.25, 0.3) is 11.3 Å². The van der Waals surface area contributed by atoms with Crippen LogP contribution in [0.2, 0.25) is 0 Å². The molecular formula is C14H17IN2S. The lowest BCUT2D eigenvalue weighted by Gasteiger charge is -2.04. The zero-order chi connectivity index (χ0) is 13.0. The molecule has 1 aromatic carbocycles. The van der Waals surface area contributed by atoms with E-state index in [1.807, 2.05) is 0 Å². The molecule has 18 heavy (non-hydrogen) atoms. The van der Waals surface area contributed by atoms with E-state index in [1.165, 1.54) is 9.13 Å². The van der Waals surface area contributed by atoms with Gasteiger partial charge >= 0.3 is 0 Å². The smallest absolute Gasteiger partial charge is 0.107 e. The molecule has 0 bridgehead atoms. The van der Waals surface area contributed by atoms with Crippen molar-refractivity contribution in [2.45, 2.75) is 20.4 Å². The SMILES string of the molecule is CC(C)CNCc1nc(-c2ccc(I)cc2)cs1. The van der Waals surface area contributed by atoms with Crippen molar-refractivity contribution in [3.8, 4) is 11.3 Å². The van der Waals surface area contributed by atoms with Crippen LogP contribution in [0, 0.1) is 9.49 Å². The summed E-state index contributed by atoms with van der Waals surface area (Å²) in [5.41, 5.74) is 2.28. The van der Waals surface area contributed by atoms with Crippen molar-refractivity contribution >= 4 is 33.9 Å². The van der Waals surface area contributed by atoms with E-state index in [-0.39, 0.29) is 0 Å². The van der Waals surface area contributed by atoms with Crippen molar-refractivity contribution < 1.29 is 0 Å². The van der Waals surface area contributed by atoms with Gasteiger partial charge in [-0.15, -0.1) is 11.3 Å². The standard InChI is InChI=1S/C14H17IN2S/c1-10(2)7-16-8-14-17-13(9-18-14)11-3-5-12(15)6-4-11/h3-6,9-10,16H,7-8H2,1-2H3. The third-order valence-electron chi connectivity index (χ3n) is 2.52. The van der Waals surface area contributed by atoms with Crippen LogP contribution in [-0.4, -0.2) is 11.5 Å². The van der Waals surface area contributed by atoms with Gasteiger partial charge in [0.05, 0.1) is 5.69 Å². The van der Waals surface area contributed by atoms with Crippen LogP contribution in [-0.2, 0) is 6.54 Å². The first-order valence-corrected chi connectivity index (χ1v) is 8.02. The Morgan fingerprint density at radius 2 is 2.00 bits per heavy atom. The van der Waals surface area contributed by atoms with E-state index in [4.69, 9.17) is 0 Å². The van der Waals surface area contributed by atoms with Gasteiger partial charge in [-0.1, -0.05) is 26.0 Å². The maximum atomic E-state index is 4.66. The summed E-state index contributed by atoms with van der Waals surface area (Å²) in [4.78, 5) is 4.66. The number of rotatable bonds is 5. The molecule has 0 unspecified atom stereocenters. The van der Waals surface area contributed by atoms with Gasteiger partial charge in [-0.3, -0.25) is 0 Å². The normalized spacial score (nSPS) is 11.1. The largest absolute Gasteiger partial charge is 0.310 e. The van der Waals surface area contributed by atoms with Crippen LogP contribution in [0.1, 0.15) is 18.9 Å². The van der Waals surface area contributed by atoms with Gasteiger partial charge in [-0.05, 0) is 47.2 Å². The number of aromatic nitrogens is 1. The Morgan fingerprint density at radius 3 is 2.67 bits per heavy atom. The molecule has 0 radical (unpaired) electrons. The predicted octanol–water partition coefficient (Wildman–Crippen LogP) is 4.16. The fourth-order valence-corrected chi connectivity index (χ4v) is 2.75. The zero-order valence-corrected chi connectivity index (χ0v) is 13.6. The van der Waals surface area contributed by atoms with E-state index < -0.39 is 0 Å². The number of thiazole rings is 1. The minimum Gasteiger partial charge on any atom is -0.310 e. The number of nitrogens with zero attached hydrogens (tertiary/aromatic N) is 1. The summed E-state index contributed by atoms with van der Waals surface area (Å²) in [6, 6.07) is 8.49. The highest BCUT2D eigenvalue weighted by molar-refractivity contribution is 14.1.